The highest BCUT2D eigenvalue weighted by atomic mass is 19.4. The normalized spacial score (nSPS) is 12.1. The van der Waals surface area contributed by atoms with Gasteiger partial charge < -0.3 is 14.2 Å². The van der Waals surface area contributed by atoms with Crippen LogP contribution in [0, 0.1) is 11.6 Å². The van der Waals surface area contributed by atoms with Gasteiger partial charge >= 0.3 is 12.4 Å². The number of halogens is 8. The smallest absolute Gasteiger partial charge is 0.419 e. The van der Waals surface area contributed by atoms with Crippen molar-refractivity contribution in [2.45, 2.75) is 19.3 Å². The summed E-state index contributed by atoms with van der Waals surface area (Å²) in [6.07, 6.45) is -8.00. The zero-order valence-electron chi connectivity index (χ0n) is 17.5. The molecule has 0 aliphatic rings. The summed E-state index contributed by atoms with van der Waals surface area (Å²) in [6, 6.07) is 4.92. The van der Waals surface area contributed by atoms with Crippen molar-refractivity contribution in [2.75, 3.05) is 6.61 Å². The highest BCUT2D eigenvalue weighted by Crippen LogP contribution is 2.42. The van der Waals surface area contributed by atoms with Crippen molar-refractivity contribution in [2.24, 2.45) is 4.99 Å². The number of nitrogens with zero attached hydrogens (tertiary/aromatic N) is 2. The maximum Gasteiger partial charge on any atom is 0.419 e. The second kappa shape index (κ2) is 10.2. The molecule has 0 aliphatic carbocycles. The predicted molar refractivity (Wildman–Crippen MR) is 107 cm³/mol. The van der Waals surface area contributed by atoms with Crippen LogP contribution in [0.4, 0.5) is 40.8 Å². The lowest BCUT2D eigenvalue weighted by Crippen LogP contribution is -2.08. The van der Waals surface area contributed by atoms with Gasteiger partial charge in [-0.1, -0.05) is 0 Å². The van der Waals surface area contributed by atoms with Gasteiger partial charge in [0.15, 0.2) is 17.8 Å². The first-order valence-electron chi connectivity index (χ1n) is 9.62. The van der Waals surface area contributed by atoms with E-state index in [9.17, 15) is 35.1 Å². The molecule has 1 aromatic heterocycles. The molecule has 0 unspecified atom stereocenters. The molecular formula is C22H14F8N2O3. The second-order valence-electron chi connectivity index (χ2n) is 6.64. The van der Waals surface area contributed by atoms with Crippen LogP contribution in [-0.2, 0) is 17.1 Å². The summed E-state index contributed by atoms with van der Waals surface area (Å²) in [5.41, 5.74) is -3.45. The van der Waals surface area contributed by atoms with E-state index in [0.717, 1.165) is 24.7 Å². The minimum Gasteiger partial charge on any atom is -0.483 e. The lowest BCUT2D eigenvalue weighted by Gasteiger charge is -2.15. The Hall–Kier alpha value is -3.90. The number of hydrogen-bond acceptors (Lipinski definition) is 5. The Kier molecular flexibility index (Phi) is 7.46. The molecule has 1 heterocycles. The quantitative estimate of drug-likeness (QED) is 0.187. The van der Waals surface area contributed by atoms with Crippen molar-refractivity contribution in [3.05, 3.63) is 71.4 Å². The summed E-state index contributed by atoms with van der Waals surface area (Å²) in [6.45, 7) is 1.80. The lowest BCUT2D eigenvalue weighted by atomic mass is 10.2. The molecule has 0 fully saturated rings. The topological polar surface area (TPSA) is 52.9 Å². The Balaban J connectivity index is 2.03. The van der Waals surface area contributed by atoms with Gasteiger partial charge in [0.05, 0.1) is 17.7 Å². The van der Waals surface area contributed by atoms with Crippen LogP contribution in [0.15, 0.2) is 53.7 Å². The van der Waals surface area contributed by atoms with Gasteiger partial charge in [-0.15, -0.1) is 0 Å². The molecule has 0 radical (unpaired) electrons. The van der Waals surface area contributed by atoms with Crippen LogP contribution in [0.1, 0.15) is 18.1 Å². The first-order valence-corrected chi connectivity index (χ1v) is 9.62. The summed E-state index contributed by atoms with van der Waals surface area (Å²) in [5.74, 6) is -4.61. The summed E-state index contributed by atoms with van der Waals surface area (Å²) in [5, 5.41) is 0. The molecule has 3 rings (SSSR count). The molecule has 0 aliphatic heterocycles. The Morgan fingerprint density at radius 3 is 1.89 bits per heavy atom. The predicted octanol–water partition coefficient (Wildman–Crippen LogP) is 7.68. The van der Waals surface area contributed by atoms with Gasteiger partial charge in [-0.05, 0) is 43.3 Å². The molecule has 0 atom stereocenters. The van der Waals surface area contributed by atoms with Crippen molar-refractivity contribution >= 4 is 12.1 Å². The van der Waals surface area contributed by atoms with E-state index < -0.39 is 52.5 Å². The first kappa shape index (κ1) is 25.7. The molecule has 35 heavy (non-hydrogen) atoms. The van der Waals surface area contributed by atoms with E-state index >= 15 is 0 Å². The van der Waals surface area contributed by atoms with E-state index in [-0.39, 0.29) is 18.0 Å². The van der Waals surface area contributed by atoms with Gasteiger partial charge in [-0.3, -0.25) is 0 Å². The van der Waals surface area contributed by atoms with Crippen LogP contribution < -0.4 is 9.47 Å². The van der Waals surface area contributed by atoms with Crippen LogP contribution >= 0.6 is 0 Å². The first-order chi connectivity index (χ1) is 16.4. The largest absolute Gasteiger partial charge is 0.483 e. The number of aromatic nitrogens is 1. The van der Waals surface area contributed by atoms with E-state index in [1.54, 1.807) is 6.92 Å². The molecule has 0 saturated carbocycles. The van der Waals surface area contributed by atoms with Gasteiger partial charge in [0, 0.05) is 12.3 Å². The van der Waals surface area contributed by atoms with Crippen molar-refractivity contribution in [1.29, 1.82) is 0 Å². The molecule has 0 saturated heterocycles. The molecular weight excluding hydrogens is 492 g/mol. The van der Waals surface area contributed by atoms with E-state index in [0.29, 0.717) is 24.3 Å². The summed E-state index contributed by atoms with van der Waals surface area (Å²) in [7, 11) is 0. The molecule has 5 nitrogen and oxygen atoms in total. The van der Waals surface area contributed by atoms with Gasteiger partial charge in [0.2, 0.25) is 5.88 Å². The monoisotopic (exact) mass is 506 g/mol. The number of ether oxygens (including phenoxy) is 3. The Labute approximate surface area is 192 Å². The van der Waals surface area contributed by atoms with E-state index in [4.69, 9.17) is 14.2 Å². The summed E-state index contributed by atoms with van der Waals surface area (Å²) in [4.78, 5) is 7.77. The molecule has 2 aromatic carbocycles. The third-order valence-corrected chi connectivity index (χ3v) is 4.21. The molecule has 0 N–H and O–H groups in total. The van der Waals surface area contributed by atoms with E-state index in [1.165, 1.54) is 6.07 Å². The Morgan fingerprint density at radius 1 is 0.829 bits per heavy atom. The molecule has 0 amide bonds. The molecule has 0 spiro atoms. The molecule has 186 valence electrons. The molecule has 3 aromatic rings. The van der Waals surface area contributed by atoms with Gasteiger partial charge in [-0.2, -0.15) is 26.3 Å². The van der Waals surface area contributed by atoms with Crippen LogP contribution in [0.3, 0.4) is 0 Å². The second-order valence-corrected chi connectivity index (χ2v) is 6.64. The summed E-state index contributed by atoms with van der Waals surface area (Å²) < 4.78 is 121. The molecule has 0 bridgehead atoms. The number of alkyl halides is 6. The third-order valence-electron chi connectivity index (χ3n) is 4.21. The maximum atomic E-state index is 13.6. The van der Waals surface area contributed by atoms with Crippen LogP contribution in [0.2, 0.25) is 0 Å². The fourth-order valence-electron chi connectivity index (χ4n) is 2.67. The number of pyridine rings is 1. The van der Waals surface area contributed by atoms with Gasteiger partial charge in [0.1, 0.15) is 23.1 Å². The SMILES string of the molecule is CCOC=Nc1c(Oc2ccc(F)c(C(F)(F)F)c2)ccnc1Oc1ccc(F)c(C(F)(F)F)c1. The summed E-state index contributed by atoms with van der Waals surface area (Å²) >= 11 is 0. The van der Waals surface area contributed by atoms with Crippen molar-refractivity contribution < 1.29 is 49.3 Å². The average Bonchev–Trinajstić information content (AvgIpc) is 2.76. The van der Waals surface area contributed by atoms with Crippen LogP contribution in [0.5, 0.6) is 23.1 Å². The average molecular weight is 506 g/mol. The van der Waals surface area contributed by atoms with Crippen LogP contribution in [0.25, 0.3) is 0 Å². The fraction of sp³-hybridized carbons (Fsp3) is 0.182. The maximum absolute atomic E-state index is 13.6. The van der Waals surface area contributed by atoms with Crippen LogP contribution in [-0.4, -0.2) is 18.0 Å². The number of rotatable bonds is 7. The zero-order chi connectivity index (χ0) is 25.8. The number of benzene rings is 2. The number of aliphatic imine (C=N–C) groups is 1. The minimum atomic E-state index is -5.00. The van der Waals surface area contributed by atoms with E-state index in [2.05, 4.69) is 9.98 Å². The van der Waals surface area contributed by atoms with Gasteiger partial charge in [-0.25, -0.2) is 18.8 Å². The third kappa shape index (κ3) is 6.37. The highest BCUT2D eigenvalue weighted by Gasteiger charge is 2.35. The van der Waals surface area contributed by atoms with Crippen molar-refractivity contribution in [1.82, 2.24) is 4.98 Å². The van der Waals surface area contributed by atoms with Crippen molar-refractivity contribution in [3.63, 3.8) is 0 Å². The fourth-order valence-corrected chi connectivity index (χ4v) is 2.67. The van der Waals surface area contributed by atoms with Crippen molar-refractivity contribution in [3.8, 4) is 23.1 Å². The Bertz CT molecular complexity index is 1140. The minimum absolute atomic E-state index is 0.177. The number of hydrogen-bond donors (Lipinski definition) is 0. The lowest BCUT2D eigenvalue weighted by molar-refractivity contribution is -0.140. The highest BCUT2D eigenvalue weighted by molar-refractivity contribution is 5.67. The standard InChI is InChI=1S/C22H14F8N2O3/c1-2-33-11-32-19-18(34-12-3-5-16(23)14(9-12)21(25,26)27)7-8-31-20(19)35-13-4-6-17(24)15(10-13)22(28,29)30/h3-11H,2H2,1H3. The van der Waals surface area contributed by atoms with E-state index in [1.807, 2.05) is 0 Å². The Morgan fingerprint density at radius 2 is 1.37 bits per heavy atom. The van der Waals surface area contributed by atoms with Gasteiger partial charge in [0.25, 0.3) is 0 Å². The zero-order valence-corrected chi connectivity index (χ0v) is 17.5. The molecule has 13 heteroatoms.